The third-order valence-corrected chi connectivity index (χ3v) is 7.36. The van der Waals surface area contributed by atoms with E-state index in [1.165, 1.54) is 11.3 Å². The Balaban J connectivity index is 1.45. The maximum absolute atomic E-state index is 11.3. The molecule has 7 heteroatoms. The van der Waals surface area contributed by atoms with Crippen LogP contribution in [-0.2, 0) is 6.54 Å². The Bertz CT molecular complexity index is 1030. The Labute approximate surface area is 206 Å². The lowest BCUT2D eigenvalue weighted by Crippen LogP contribution is -2.47. The normalized spacial score (nSPS) is 15.7. The standard InChI is InChI=1S/C27H34N4O2S/c1-20(10-14-28)30-15-11-24(12-16-30)31(18-21-13-17-34-19-21)23-4-8-26(9-5-23)33-25-6-2-22(3-7-25)27(29)32/h2-9,13,17,19-20,24H,10-12,14-16,18,28H2,1H3,(H2,29,32)/t20-/m1/s1. The molecule has 3 aromatic rings. The summed E-state index contributed by atoms with van der Waals surface area (Å²) in [6.07, 6.45) is 3.34. The van der Waals surface area contributed by atoms with E-state index in [-0.39, 0.29) is 0 Å². The molecule has 1 saturated heterocycles. The lowest BCUT2D eigenvalue weighted by atomic mass is 9.99. The number of ether oxygens (including phenoxy) is 1. The minimum atomic E-state index is -0.443. The quantitative estimate of drug-likeness (QED) is 0.435. The van der Waals surface area contributed by atoms with Crippen molar-refractivity contribution < 1.29 is 9.53 Å². The van der Waals surface area contributed by atoms with Crippen molar-refractivity contribution in [3.8, 4) is 11.5 Å². The highest BCUT2D eigenvalue weighted by Gasteiger charge is 2.27. The highest BCUT2D eigenvalue weighted by atomic mass is 32.1. The first-order valence-corrected chi connectivity index (χ1v) is 12.9. The van der Waals surface area contributed by atoms with E-state index >= 15 is 0 Å². The molecule has 0 spiro atoms. The molecule has 1 aromatic heterocycles. The number of nitrogens with two attached hydrogens (primary N) is 2. The summed E-state index contributed by atoms with van der Waals surface area (Å²) in [4.78, 5) is 16.4. The first-order valence-electron chi connectivity index (χ1n) is 11.9. The van der Waals surface area contributed by atoms with E-state index in [0.29, 0.717) is 23.4 Å². The average Bonchev–Trinajstić information content (AvgIpc) is 3.37. The second kappa shape index (κ2) is 11.5. The average molecular weight is 479 g/mol. The van der Waals surface area contributed by atoms with Gasteiger partial charge in [0.2, 0.25) is 5.91 Å². The summed E-state index contributed by atoms with van der Waals surface area (Å²) in [6.45, 7) is 6.15. The van der Waals surface area contributed by atoms with Gasteiger partial charge in [0.1, 0.15) is 11.5 Å². The summed E-state index contributed by atoms with van der Waals surface area (Å²) in [5, 5.41) is 4.38. The molecule has 2 aromatic carbocycles. The van der Waals surface area contributed by atoms with Gasteiger partial charge in [-0.2, -0.15) is 11.3 Å². The van der Waals surface area contributed by atoms with Crippen LogP contribution in [0.1, 0.15) is 42.1 Å². The minimum absolute atomic E-state index is 0.443. The fraction of sp³-hybridized carbons (Fsp3) is 0.370. The van der Waals surface area contributed by atoms with Crippen molar-refractivity contribution in [1.29, 1.82) is 0 Å². The third-order valence-electron chi connectivity index (χ3n) is 6.62. The number of benzene rings is 2. The smallest absolute Gasteiger partial charge is 0.248 e. The highest BCUT2D eigenvalue weighted by Crippen LogP contribution is 2.30. The molecule has 4 N–H and O–H groups in total. The number of carbonyl (C=O) groups excluding carboxylic acids is 1. The number of amides is 1. The van der Waals surface area contributed by atoms with Gasteiger partial charge in [-0.25, -0.2) is 0 Å². The molecule has 0 bridgehead atoms. The summed E-state index contributed by atoms with van der Waals surface area (Å²) in [5.41, 5.74) is 14.1. The van der Waals surface area contributed by atoms with Crippen LogP contribution in [0.25, 0.3) is 0 Å². The summed E-state index contributed by atoms with van der Waals surface area (Å²) in [6, 6.07) is 18.4. The van der Waals surface area contributed by atoms with Crippen molar-refractivity contribution in [1.82, 2.24) is 4.90 Å². The zero-order chi connectivity index (χ0) is 23.9. The number of rotatable bonds is 10. The van der Waals surface area contributed by atoms with E-state index in [4.69, 9.17) is 16.2 Å². The molecule has 1 atom stereocenters. The number of likely N-dealkylation sites (tertiary alicyclic amines) is 1. The molecule has 0 radical (unpaired) electrons. The first-order chi connectivity index (χ1) is 16.5. The number of thiophene rings is 1. The van der Waals surface area contributed by atoms with Crippen molar-refractivity contribution in [3.63, 3.8) is 0 Å². The molecule has 1 amide bonds. The van der Waals surface area contributed by atoms with Gasteiger partial charge >= 0.3 is 0 Å². The number of hydrogen-bond acceptors (Lipinski definition) is 6. The zero-order valence-corrected chi connectivity index (χ0v) is 20.5. The lowest BCUT2D eigenvalue weighted by Gasteiger charge is -2.41. The van der Waals surface area contributed by atoms with Crippen LogP contribution in [0.4, 0.5) is 5.69 Å². The number of primary amides is 1. The fourth-order valence-corrected chi connectivity index (χ4v) is 5.26. The Morgan fingerprint density at radius 1 is 1.09 bits per heavy atom. The predicted octanol–water partition coefficient (Wildman–Crippen LogP) is 4.85. The maximum atomic E-state index is 11.3. The highest BCUT2D eigenvalue weighted by molar-refractivity contribution is 7.07. The number of piperidine rings is 1. The van der Waals surface area contributed by atoms with Crippen molar-refractivity contribution in [2.75, 3.05) is 24.5 Å². The van der Waals surface area contributed by atoms with E-state index in [0.717, 1.165) is 51.2 Å². The van der Waals surface area contributed by atoms with Crippen LogP contribution in [0.3, 0.4) is 0 Å². The molecule has 1 fully saturated rings. The molecule has 34 heavy (non-hydrogen) atoms. The Kier molecular flexibility index (Phi) is 8.21. The summed E-state index contributed by atoms with van der Waals surface area (Å²) in [7, 11) is 0. The SMILES string of the molecule is C[C@H](CCN)N1CCC(N(Cc2ccsc2)c2ccc(Oc3ccc(C(N)=O)cc3)cc2)CC1. The molecule has 0 unspecified atom stereocenters. The predicted molar refractivity (Wildman–Crippen MR) is 140 cm³/mol. The molecule has 4 rings (SSSR count). The molecular formula is C27H34N4O2S. The first kappa shape index (κ1) is 24.3. The number of anilines is 1. The number of nitrogens with zero attached hydrogens (tertiary/aromatic N) is 2. The molecule has 6 nitrogen and oxygen atoms in total. The molecular weight excluding hydrogens is 444 g/mol. The zero-order valence-electron chi connectivity index (χ0n) is 19.7. The summed E-state index contributed by atoms with van der Waals surface area (Å²) >= 11 is 1.74. The number of carbonyl (C=O) groups is 1. The van der Waals surface area contributed by atoms with Crippen LogP contribution in [-0.4, -0.2) is 42.5 Å². The van der Waals surface area contributed by atoms with Gasteiger partial charge in [-0.1, -0.05) is 0 Å². The van der Waals surface area contributed by atoms with Gasteiger partial charge in [-0.15, -0.1) is 0 Å². The van der Waals surface area contributed by atoms with Crippen molar-refractivity contribution in [2.24, 2.45) is 11.5 Å². The molecule has 1 aliphatic heterocycles. The lowest BCUT2D eigenvalue weighted by molar-refractivity contribution is 0.100. The Hall–Kier alpha value is -2.87. The summed E-state index contributed by atoms with van der Waals surface area (Å²) < 4.78 is 5.98. The van der Waals surface area contributed by atoms with Crippen molar-refractivity contribution in [3.05, 3.63) is 76.5 Å². The second-order valence-electron chi connectivity index (χ2n) is 8.94. The number of hydrogen-bond donors (Lipinski definition) is 2. The van der Waals surface area contributed by atoms with Gasteiger partial charge < -0.3 is 26.0 Å². The topological polar surface area (TPSA) is 84.8 Å². The Morgan fingerprint density at radius 2 is 1.74 bits per heavy atom. The van der Waals surface area contributed by atoms with E-state index in [1.807, 2.05) is 12.1 Å². The van der Waals surface area contributed by atoms with Gasteiger partial charge in [0.05, 0.1) is 0 Å². The van der Waals surface area contributed by atoms with Gasteiger partial charge in [0.15, 0.2) is 0 Å². The van der Waals surface area contributed by atoms with Gasteiger partial charge in [-0.3, -0.25) is 4.79 Å². The van der Waals surface area contributed by atoms with Crippen LogP contribution in [0.5, 0.6) is 11.5 Å². The van der Waals surface area contributed by atoms with Crippen LogP contribution >= 0.6 is 11.3 Å². The van der Waals surface area contributed by atoms with Crippen LogP contribution < -0.4 is 21.1 Å². The van der Waals surface area contributed by atoms with Gasteiger partial charge in [0, 0.05) is 43.0 Å². The van der Waals surface area contributed by atoms with E-state index in [1.54, 1.807) is 35.6 Å². The van der Waals surface area contributed by atoms with Gasteiger partial charge in [-0.05, 0) is 104 Å². The monoisotopic (exact) mass is 478 g/mol. The summed E-state index contributed by atoms with van der Waals surface area (Å²) in [5.74, 6) is 0.990. The van der Waals surface area contributed by atoms with E-state index < -0.39 is 5.91 Å². The second-order valence-corrected chi connectivity index (χ2v) is 9.72. The van der Waals surface area contributed by atoms with Gasteiger partial charge in [0.25, 0.3) is 0 Å². The van der Waals surface area contributed by atoms with E-state index in [2.05, 4.69) is 45.7 Å². The third kappa shape index (κ3) is 6.17. The maximum Gasteiger partial charge on any atom is 0.248 e. The van der Waals surface area contributed by atoms with Crippen LogP contribution in [0.15, 0.2) is 65.4 Å². The van der Waals surface area contributed by atoms with E-state index in [9.17, 15) is 4.79 Å². The molecule has 1 aliphatic rings. The largest absolute Gasteiger partial charge is 0.457 e. The Morgan fingerprint density at radius 3 is 2.29 bits per heavy atom. The van der Waals surface area contributed by atoms with Crippen molar-refractivity contribution >= 4 is 22.9 Å². The van der Waals surface area contributed by atoms with Crippen LogP contribution in [0.2, 0.25) is 0 Å². The van der Waals surface area contributed by atoms with Crippen molar-refractivity contribution in [2.45, 2.75) is 44.8 Å². The van der Waals surface area contributed by atoms with Crippen LogP contribution in [0, 0.1) is 0 Å². The molecule has 0 saturated carbocycles. The molecule has 0 aliphatic carbocycles. The fourth-order valence-electron chi connectivity index (χ4n) is 4.60. The molecule has 180 valence electrons. The molecule has 2 heterocycles. The minimum Gasteiger partial charge on any atom is -0.457 e.